The summed E-state index contributed by atoms with van der Waals surface area (Å²) in [4.78, 5) is 28.5. The van der Waals surface area contributed by atoms with Gasteiger partial charge in [-0.3, -0.25) is 4.79 Å². The number of rotatable bonds is 5. The van der Waals surface area contributed by atoms with Gasteiger partial charge < -0.3 is 19.1 Å². The number of amides is 1. The molecule has 166 valence electrons. The Morgan fingerprint density at radius 1 is 1.00 bits per heavy atom. The normalized spacial score (nSPS) is 17.0. The topological polar surface area (TPSA) is 65.1 Å². The van der Waals surface area contributed by atoms with Gasteiger partial charge in [-0.15, -0.1) is 0 Å². The fourth-order valence-electron chi connectivity index (χ4n) is 4.26. The second-order valence-electron chi connectivity index (χ2n) is 7.68. The van der Waals surface area contributed by atoms with E-state index in [2.05, 4.69) is 15.9 Å². The van der Waals surface area contributed by atoms with E-state index in [1.165, 1.54) is 7.11 Å². The number of hydrogen-bond donors (Lipinski definition) is 0. The van der Waals surface area contributed by atoms with Crippen LogP contribution in [0.25, 0.3) is 11.1 Å². The van der Waals surface area contributed by atoms with Gasteiger partial charge in [0, 0.05) is 16.6 Å². The van der Waals surface area contributed by atoms with E-state index >= 15 is 0 Å². The number of nitrogens with zero attached hydrogens (tertiary/aromatic N) is 1. The van der Waals surface area contributed by atoms with Crippen molar-refractivity contribution in [3.8, 4) is 11.5 Å². The summed E-state index contributed by atoms with van der Waals surface area (Å²) in [5.74, 6) is 0.509. The van der Waals surface area contributed by atoms with Crippen LogP contribution in [-0.2, 0) is 20.9 Å². The van der Waals surface area contributed by atoms with Crippen LogP contribution in [0.1, 0.15) is 16.7 Å². The molecule has 0 N–H and O–H groups in total. The summed E-state index contributed by atoms with van der Waals surface area (Å²) in [6.45, 7) is 0.332. The number of fused-ring (bicyclic) bond motifs is 1. The van der Waals surface area contributed by atoms with Gasteiger partial charge in [0.05, 0.1) is 12.7 Å². The van der Waals surface area contributed by atoms with Crippen molar-refractivity contribution in [1.29, 1.82) is 0 Å². The average Bonchev–Trinajstić information content (AvgIpc) is 3.41. The molecule has 0 radical (unpaired) electrons. The van der Waals surface area contributed by atoms with Crippen LogP contribution in [0.3, 0.4) is 0 Å². The van der Waals surface area contributed by atoms with Crippen LogP contribution >= 0.6 is 15.9 Å². The Balaban J connectivity index is 1.64. The molecular formula is C26H20BrNO5. The van der Waals surface area contributed by atoms with Crippen molar-refractivity contribution in [2.45, 2.75) is 12.6 Å². The maximum atomic E-state index is 13.9. The third kappa shape index (κ3) is 3.78. The van der Waals surface area contributed by atoms with Gasteiger partial charge in [-0.25, -0.2) is 4.79 Å². The van der Waals surface area contributed by atoms with E-state index in [9.17, 15) is 9.59 Å². The van der Waals surface area contributed by atoms with Crippen LogP contribution in [0.4, 0.5) is 0 Å². The number of benzene rings is 3. The lowest BCUT2D eigenvalue weighted by atomic mass is 9.93. The number of hydrogen-bond acceptors (Lipinski definition) is 5. The predicted molar refractivity (Wildman–Crippen MR) is 126 cm³/mol. The Hall–Kier alpha value is -3.58. The third-order valence-corrected chi connectivity index (χ3v) is 6.52. The molecule has 7 heteroatoms. The molecule has 33 heavy (non-hydrogen) atoms. The first kappa shape index (κ1) is 21.3. The van der Waals surface area contributed by atoms with Gasteiger partial charge in [0.2, 0.25) is 6.79 Å². The van der Waals surface area contributed by atoms with Gasteiger partial charge >= 0.3 is 5.97 Å². The highest BCUT2D eigenvalue weighted by Crippen LogP contribution is 2.42. The molecule has 2 heterocycles. The second kappa shape index (κ2) is 8.75. The number of ether oxygens (including phenoxy) is 3. The Kier molecular flexibility index (Phi) is 5.64. The Bertz CT molecular complexity index is 1260. The molecule has 2 aliphatic heterocycles. The molecule has 1 atom stereocenters. The molecule has 0 bridgehead atoms. The number of halogens is 1. The zero-order valence-electron chi connectivity index (χ0n) is 17.8. The van der Waals surface area contributed by atoms with Crippen LogP contribution in [0, 0.1) is 0 Å². The minimum Gasteiger partial charge on any atom is -0.467 e. The molecule has 0 spiro atoms. The summed E-state index contributed by atoms with van der Waals surface area (Å²) in [5, 5.41) is 0. The van der Waals surface area contributed by atoms with E-state index in [1.807, 2.05) is 72.8 Å². The van der Waals surface area contributed by atoms with E-state index in [4.69, 9.17) is 14.2 Å². The summed E-state index contributed by atoms with van der Waals surface area (Å²) in [7, 11) is 1.34. The smallest absolute Gasteiger partial charge is 0.333 e. The zero-order chi connectivity index (χ0) is 22.9. The van der Waals surface area contributed by atoms with Gasteiger partial charge in [0.25, 0.3) is 5.91 Å². The third-order valence-electron chi connectivity index (χ3n) is 5.78. The van der Waals surface area contributed by atoms with Crippen LogP contribution in [-0.4, -0.2) is 36.7 Å². The molecule has 3 aromatic rings. The van der Waals surface area contributed by atoms with Crippen molar-refractivity contribution in [2.24, 2.45) is 0 Å². The van der Waals surface area contributed by atoms with Gasteiger partial charge in [0.1, 0.15) is 0 Å². The first-order valence-electron chi connectivity index (χ1n) is 10.4. The van der Waals surface area contributed by atoms with Crippen molar-refractivity contribution in [3.05, 3.63) is 94.0 Å². The largest absolute Gasteiger partial charge is 0.467 e. The second-order valence-corrected chi connectivity index (χ2v) is 8.53. The molecule has 1 unspecified atom stereocenters. The Morgan fingerprint density at radius 2 is 1.61 bits per heavy atom. The molecule has 6 nitrogen and oxygen atoms in total. The highest BCUT2D eigenvalue weighted by molar-refractivity contribution is 9.10. The lowest BCUT2D eigenvalue weighted by Crippen LogP contribution is -2.41. The zero-order valence-corrected chi connectivity index (χ0v) is 19.4. The molecule has 0 saturated carbocycles. The SMILES string of the molecule is COC(=O)C1C(c2ccccc2)=C(c2ccccc2)C(=O)N1Cc1cc2c(cc1Br)OCO2. The lowest BCUT2D eigenvalue weighted by Gasteiger charge is -2.26. The van der Waals surface area contributed by atoms with Crippen LogP contribution in [0.2, 0.25) is 0 Å². The molecule has 2 aliphatic rings. The lowest BCUT2D eigenvalue weighted by molar-refractivity contribution is -0.148. The quantitative estimate of drug-likeness (QED) is 0.471. The Morgan fingerprint density at radius 3 is 2.24 bits per heavy atom. The maximum Gasteiger partial charge on any atom is 0.333 e. The van der Waals surface area contributed by atoms with Crippen molar-refractivity contribution in [1.82, 2.24) is 4.90 Å². The van der Waals surface area contributed by atoms with E-state index in [0.717, 1.165) is 21.2 Å². The summed E-state index contributed by atoms with van der Waals surface area (Å²) >= 11 is 3.57. The number of methoxy groups -OCH3 is 1. The van der Waals surface area contributed by atoms with Crippen molar-refractivity contribution in [2.75, 3.05) is 13.9 Å². The highest BCUT2D eigenvalue weighted by Gasteiger charge is 2.45. The standard InChI is InChI=1S/C26H20BrNO5/c1-31-26(30)24-22(16-8-4-2-5-9-16)23(17-10-6-3-7-11-17)25(29)28(24)14-18-12-20-21(13-19(18)27)33-15-32-20/h2-13,24H,14-15H2,1H3. The fourth-order valence-corrected chi connectivity index (χ4v) is 4.70. The number of esters is 1. The van der Waals surface area contributed by atoms with Crippen molar-refractivity contribution >= 4 is 39.0 Å². The highest BCUT2D eigenvalue weighted by atomic mass is 79.9. The van der Waals surface area contributed by atoms with E-state index in [0.29, 0.717) is 22.6 Å². The van der Waals surface area contributed by atoms with Gasteiger partial charge in [-0.1, -0.05) is 76.6 Å². The average molecular weight is 506 g/mol. The fraction of sp³-hybridized carbons (Fsp3) is 0.154. The minimum atomic E-state index is -0.891. The molecule has 0 fully saturated rings. The van der Waals surface area contributed by atoms with Gasteiger partial charge in [-0.2, -0.15) is 0 Å². The molecule has 0 aliphatic carbocycles. The van der Waals surface area contributed by atoms with Crippen LogP contribution in [0.15, 0.2) is 77.3 Å². The van der Waals surface area contributed by atoms with Gasteiger partial charge in [-0.05, 0) is 28.8 Å². The van der Waals surface area contributed by atoms with Crippen LogP contribution in [0.5, 0.6) is 11.5 Å². The molecule has 3 aromatic carbocycles. The summed E-state index contributed by atoms with van der Waals surface area (Å²) in [6, 6.07) is 21.6. The molecule has 0 aromatic heterocycles. The minimum absolute atomic E-state index is 0.149. The van der Waals surface area contributed by atoms with Crippen molar-refractivity contribution < 1.29 is 23.8 Å². The molecular weight excluding hydrogens is 486 g/mol. The van der Waals surface area contributed by atoms with Gasteiger partial charge in [0.15, 0.2) is 17.5 Å². The molecule has 1 amide bonds. The van der Waals surface area contributed by atoms with E-state index in [1.54, 1.807) is 4.90 Å². The monoisotopic (exact) mass is 505 g/mol. The van der Waals surface area contributed by atoms with E-state index in [-0.39, 0.29) is 19.2 Å². The van der Waals surface area contributed by atoms with Crippen LogP contribution < -0.4 is 9.47 Å². The predicted octanol–water partition coefficient (Wildman–Crippen LogP) is 4.67. The summed E-state index contributed by atoms with van der Waals surface area (Å²) in [6.07, 6.45) is 0. The first-order valence-corrected chi connectivity index (χ1v) is 11.2. The molecule has 0 saturated heterocycles. The van der Waals surface area contributed by atoms with Crippen molar-refractivity contribution in [3.63, 3.8) is 0 Å². The maximum absolute atomic E-state index is 13.9. The van der Waals surface area contributed by atoms with E-state index < -0.39 is 12.0 Å². The number of carbonyl (C=O) groups excluding carboxylic acids is 2. The molecule has 5 rings (SSSR count). The number of carbonyl (C=O) groups is 2. The summed E-state index contributed by atoms with van der Waals surface area (Å²) in [5.41, 5.74) is 3.47. The first-order chi connectivity index (χ1) is 16.1. The summed E-state index contributed by atoms with van der Waals surface area (Å²) < 4.78 is 16.9. The Labute approximate surface area is 199 Å².